The van der Waals surface area contributed by atoms with Crippen LogP contribution in [0.2, 0.25) is 0 Å². The van der Waals surface area contributed by atoms with Crippen molar-refractivity contribution in [3.8, 4) is 0 Å². The van der Waals surface area contributed by atoms with Crippen LogP contribution in [0.3, 0.4) is 0 Å². The molecule has 0 heterocycles. The lowest BCUT2D eigenvalue weighted by atomic mass is 10.1. The van der Waals surface area contributed by atoms with E-state index >= 15 is 0 Å². The molecule has 4 heteroatoms. The van der Waals surface area contributed by atoms with E-state index in [4.69, 9.17) is 5.11 Å². The van der Waals surface area contributed by atoms with Gasteiger partial charge in [0, 0.05) is 0 Å². The Balaban J connectivity index is 3.20. The SMILES string of the molecule is Cc1cc(C(=O)F)ccc1C(=O)O. The van der Waals surface area contributed by atoms with Crippen molar-refractivity contribution in [2.45, 2.75) is 6.92 Å². The number of hydrogen-bond acceptors (Lipinski definition) is 2. The van der Waals surface area contributed by atoms with E-state index in [-0.39, 0.29) is 11.1 Å². The van der Waals surface area contributed by atoms with Crippen LogP contribution >= 0.6 is 0 Å². The van der Waals surface area contributed by atoms with Crippen molar-refractivity contribution in [1.29, 1.82) is 0 Å². The van der Waals surface area contributed by atoms with Crippen molar-refractivity contribution in [2.24, 2.45) is 0 Å². The number of carbonyl (C=O) groups excluding carboxylic acids is 1. The molecule has 0 fully saturated rings. The Morgan fingerprint density at radius 3 is 2.38 bits per heavy atom. The highest BCUT2D eigenvalue weighted by atomic mass is 19.1. The normalized spacial score (nSPS) is 9.69. The molecular weight excluding hydrogens is 175 g/mol. The van der Waals surface area contributed by atoms with E-state index in [0.29, 0.717) is 5.56 Å². The minimum Gasteiger partial charge on any atom is -0.478 e. The summed E-state index contributed by atoms with van der Waals surface area (Å²) in [6.45, 7) is 1.51. The molecule has 0 aliphatic heterocycles. The molecule has 0 radical (unpaired) electrons. The summed E-state index contributed by atoms with van der Waals surface area (Å²) in [7, 11) is 0. The summed E-state index contributed by atoms with van der Waals surface area (Å²) in [5.41, 5.74) is 0.323. The fourth-order valence-corrected chi connectivity index (χ4v) is 1.03. The van der Waals surface area contributed by atoms with Crippen LogP contribution in [0.5, 0.6) is 0 Å². The number of aryl methyl sites for hydroxylation is 1. The molecule has 0 aromatic heterocycles. The fourth-order valence-electron chi connectivity index (χ4n) is 1.03. The second-order valence-electron chi connectivity index (χ2n) is 2.61. The zero-order valence-corrected chi connectivity index (χ0v) is 6.87. The maximum Gasteiger partial charge on any atom is 0.335 e. The van der Waals surface area contributed by atoms with Crippen molar-refractivity contribution >= 4 is 12.0 Å². The molecule has 0 amide bonds. The van der Waals surface area contributed by atoms with Crippen molar-refractivity contribution in [3.05, 3.63) is 34.9 Å². The number of benzene rings is 1. The average Bonchev–Trinajstić information content (AvgIpc) is 2.03. The Labute approximate surface area is 73.8 Å². The van der Waals surface area contributed by atoms with Gasteiger partial charge >= 0.3 is 12.0 Å². The number of carboxylic acids is 1. The molecule has 1 aromatic carbocycles. The Morgan fingerprint density at radius 1 is 1.38 bits per heavy atom. The molecule has 0 unspecified atom stereocenters. The largest absolute Gasteiger partial charge is 0.478 e. The first kappa shape index (κ1) is 9.38. The highest BCUT2D eigenvalue weighted by molar-refractivity contribution is 5.93. The van der Waals surface area contributed by atoms with Gasteiger partial charge in [-0.2, -0.15) is 4.39 Å². The Hall–Kier alpha value is -1.71. The van der Waals surface area contributed by atoms with Gasteiger partial charge in [-0.3, -0.25) is 4.79 Å². The predicted molar refractivity (Wildman–Crippen MR) is 43.6 cm³/mol. The number of carboxylic acid groups (broad SMARTS) is 1. The summed E-state index contributed by atoms with van der Waals surface area (Å²) >= 11 is 0. The predicted octanol–water partition coefficient (Wildman–Crippen LogP) is 1.80. The second kappa shape index (κ2) is 3.35. The molecule has 0 aliphatic carbocycles. The van der Waals surface area contributed by atoms with Crippen molar-refractivity contribution in [3.63, 3.8) is 0 Å². The summed E-state index contributed by atoms with van der Waals surface area (Å²) in [6, 6.07) is 2.02. The third-order valence-corrected chi connectivity index (χ3v) is 1.68. The van der Waals surface area contributed by atoms with Crippen LogP contribution in [0.25, 0.3) is 0 Å². The minimum atomic E-state index is -1.56. The number of rotatable bonds is 2. The van der Waals surface area contributed by atoms with Gasteiger partial charge in [-0.1, -0.05) is 0 Å². The lowest BCUT2D eigenvalue weighted by Gasteiger charge is -2.00. The quantitative estimate of drug-likeness (QED) is 0.709. The summed E-state index contributed by atoms with van der Waals surface area (Å²) in [4.78, 5) is 20.8. The second-order valence-corrected chi connectivity index (χ2v) is 2.61. The maximum atomic E-state index is 12.2. The van der Waals surface area contributed by atoms with Gasteiger partial charge in [0.1, 0.15) is 0 Å². The van der Waals surface area contributed by atoms with Gasteiger partial charge in [-0.25, -0.2) is 4.79 Å². The molecule has 0 atom stereocenters. The molecule has 13 heavy (non-hydrogen) atoms. The van der Waals surface area contributed by atoms with E-state index in [1.165, 1.54) is 19.1 Å². The molecule has 0 bridgehead atoms. The topological polar surface area (TPSA) is 54.4 Å². The first-order valence-electron chi connectivity index (χ1n) is 3.56. The molecule has 1 rings (SSSR count). The molecule has 68 valence electrons. The first-order valence-corrected chi connectivity index (χ1v) is 3.56. The van der Waals surface area contributed by atoms with Crippen LogP contribution in [0.1, 0.15) is 26.3 Å². The highest BCUT2D eigenvalue weighted by Crippen LogP contribution is 2.11. The van der Waals surface area contributed by atoms with Gasteiger partial charge in [0.25, 0.3) is 0 Å². The van der Waals surface area contributed by atoms with Gasteiger partial charge < -0.3 is 5.11 Å². The van der Waals surface area contributed by atoms with Crippen LogP contribution in [0.4, 0.5) is 4.39 Å². The summed E-state index contributed by atoms with van der Waals surface area (Å²) < 4.78 is 12.2. The monoisotopic (exact) mass is 182 g/mol. The standard InChI is InChI=1S/C9H7FO3/c1-5-4-6(8(10)11)2-3-7(5)9(12)13/h2-4H,1H3,(H,12,13). The van der Waals surface area contributed by atoms with Gasteiger partial charge in [0.05, 0.1) is 11.1 Å². The third kappa shape index (κ3) is 1.90. The van der Waals surface area contributed by atoms with Crippen molar-refractivity contribution in [1.82, 2.24) is 0 Å². The number of carbonyl (C=O) groups is 2. The van der Waals surface area contributed by atoms with Crippen LogP contribution in [-0.4, -0.2) is 17.1 Å². The number of aromatic carboxylic acids is 1. The molecule has 0 saturated heterocycles. The number of halogens is 1. The van der Waals surface area contributed by atoms with Crippen LogP contribution in [0, 0.1) is 6.92 Å². The van der Waals surface area contributed by atoms with Crippen LogP contribution < -0.4 is 0 Å². The lowest BCUT2D eigenvalue weighted by molar-refractivity contribution is 0.0694. The Kier molecular flexibility index (Phi) is 2.41. The lowest BCUT2D eigenvalue weighted by Crippen LogP contribution is -2.01. The molecule has 0 saturated carbocycles. The Bertz CT molecular complexity index is 371. The third-order valence-electron chi connectivity index (χ3n) is 1.68. The summed E-state index contributed by atoms with van der Waals surface area (Å²) in [5, 5.41) is 8.62. The molecule has 1 N–H and O–H groups in total. The highest BCUT2D eigenvalue weighted by Gasteiger charge is 2.10. The fraction of sp³-hybridized carbons (Fsp3) is 0.111. The van der Waals surface area contributed by atoms with E-state index in [2.05, 4.69) is 0 Å². The molecule has 1 aromatic rings. The molecule has 0 spiro atoms. The van der Waals surface area contributed by atoms with E-state index in [0.717, 1.165) is 6.07 Å². The Morgan fingerprint density at radius 2 is 2.00 bits per heavy atom. The van der Waals surface area contributed by atoms with Crippen LogP contribution in [0.15, 0.2) is 18.2 Å². The molecular formula is C9H7FO3. The van der Waals surface area contributed by atoms with E-state index in [9.17, 15) is 14.0 Å². The van der Waals surface area contributed by atoms with E-state index < -0.39 is 12.0 Å². The zero-order valence-electron chi connectivity index (χ0n) is 6.87. The van der Waals surface area contributed by atoms with E-state index in [1.807, 2.05) is 0 Å². The molecule has 0 aliphatic rings. The minimum absolute atomic E-state index is 0.0741. The van der Waals surface area contributed by atoms with Gasteiger partial charge in [-0.05, 0) is 30.7 Å². The summed E-state index contributed by atoms with van der Waals surface area (Å²) in [6.07, 6.45) is 0. The maximum absolute atomic E-state index is 12.2. The molecule has 3 nitrogen and oxygen atoms in total. The zero-order chi connectivity index (χ0) is 10.0. The summed E-state index contributed by atoms with van der Waals surface area (Å²) in [5.74, 6) is -1.09. The smallest absolute Gasteiger partial charge is 0.335 e. The van der Waals surface area contributed by atoms with Crippen LogP contribution in [-0.2, 0) is 0 Å². The van der Waals surface area contributed by atoms with Crippen molar-refractivity contribution in [2.75, 3.05) is 0 Å². The number of hydrogen-bond donors (Lipinski definition) is 1. The van der Waals surface area contributed by atoms with Gasteiger partial charge in [-0.15, -0.1) is 0 Å². The first-order chi connectivity index (χ1) is 6.02. The van der Waals surface area contributed by atoms with E-state index in [1.54, 1.807) is 0 Å². The average molecular weight is 182 g/mol. The van der Waals surface area contributed by atoms with Crippen molar-refractivity contribution < 1.29 is 19.1 Å². The van der Waals surface area contributed by atoms with Gasteiger partial charge in [0.15, 0.2) is 0 Å². The van der Waals surface area contributed by atoms with Gasteiger partial charge in [0.2, 0.25) is 0 Å².